The number of hydrogen-bond acceptors (Lipinski definition) is 3. The van der Waals surface area contributed by atoms with Crippen molar-refractivity contribution in [3.63, 3.8) is 0 Å². The molecule has 0 saturated heterocycles. The van der Waals surface area contributed by atoms with Crippen LogP contribution >= 0.6 is 0 Å². The molecule has 0 bridgehead atoms. The number of aryl methyl sites for hydroxylation is 1. The molecule has 3 nitrogen and oxygen atoms in total. The van der Waals surface area contributed by atoms with Gasteiger partial charge in [0, 0.05) is 22.2 Å². The Morgan fingerprint density at radius 1 is 0.491 bits per heavy atom. The largest absolute Gasteiger partial charge is 0.453 e. The van der Waals surface area contributed by atoms with Crippen LogP contribution in [0.3, 0.4) is 0 Å². The number of ether oxygens (including phenoxy) is 1. The van der Waals surface area contributed by atoms with Gasteiger partial charge in [0.25, 0.3) is 0 Å². The lowest BCUT2D eigenvalue weighted by molar-refractivity contribution is 0.471. The summed E-state index contributed by atoms with van der Waals surface area (Å²) in [5.41, 5.74) is 15.2. The van der Waals surface area contributed by atoms with E-state index < -0.39 is 0 Å². The third-order valence-corrected chi connectivity index (χ3v) is 11.2. The van der Waals surface area contributed by atoms with Crippen LogP contribution in [0.25, 0.3) is 33.0 Å². The lowest BCUT2D eigenvalue weighted by atomic mass is 9.72. The Kier molecular flexibility index (Phi) is 7.06. The number of para-hydroxylation sites is 2. The number of hydrogen-bond donors (Lipinski definition) is 0. The van der Waals surface area contributed by atoms with Gasteiger partial charge in [-0.3, -0.25) is 0 Å². The molecule has 0 aliphatic carbocycles. The van der Waals surface area contributed by atoms with E-state index in [-0.39, 0.29) is 5.41 Å². The highest BCUT2D eigenvalue weighted by Gasteiger charge is 2.42. The monoisotopic (exact) mass is 682 g/mol. The molecule has 53 heavy (non-hydrogen) atoms. The van der Waals surface area contributed by atoms with Crippen molar-refractivity contribution in [2.45, 2.75) is 26.2 Å². The fourth-order valence-corrected chi connectivity index (χ4v) is 8.44. The zero-order valence-corrected chi connectivity index (χ0v) is 30.0. The molecule has 0 spiro atoms. The van der Waals surface area contributed by atoms with E-state index in [1.807, 2.05) is 0 Å². The lowest BCUT2D eigenvalue weighted by Gasteiger charge is -2.45. The maximum Gasteiger partial charge on any atom is 0.151 e. The summed E-state index contributed by atoms with van der Waals surface area (Å²) in [4.78, 5) is 4.81. The van der Waals surface area contributed by atoms with Gasteiger partial charge in [-0.05, 0) is 106 Å². The highest BCUT2D eigenvalue weighted by Crippen LogP contribution is 2.60. The van der Waals surface area contributed by atoms with Crippen molar-refractivity contribution in [1.82, 2.24) is 0 Å². The summed E-state index contributed by atoms with van der Waals surface area (Å²) in [5.74, 6) is 1.80. The van der Waals surface area contributed by atoms with E-state index >= 15 is 0 Å². The molecule has 0 amide bonds. The Bertz CT molecular complexity index is 2670. The van der Waals surface area contributed by atoms with Crippen molar-refractivity contribution in [2.24, 2.45) is 0 Å². The van der Waals surface area contributed by atoms with Crippen LogP contribution in [-0.4, -0.2) is 0 Å². The van der Waals surface area contributed by atoms with Gasteiger partial charge in [0.2, 0.25) is 0 Å². The second kappa shape index (κ2) is 12.0. The maximum absolute atomic E-state index is 6.50. The van der Waals surface area contributed by atoms with Crippen LogP contribution in [0.2, 0.25) is 0 Å². The summed E-state index contributed by atoms with van der Waals surface area (Å²) in [7, 11) is 0. The van der Waals surface area contributed by atoms with Crippen LogP contribution in [0.4, 0.5) is 34.1 Å². The van der Waals surface area contributed by atoms with Gasteiger partial charge >= 0.3 is 0 Å². The third-order valence-electron chi connectivity index (χ3n) is 11.2. The minimum Gasteiger partial charge on any atom is -0.453 e. The minimum absolute atomic E-state index is 0.228. The Morgan fingerprint density at radius 3 is 1.83 bits per heavy atom. The molecule has 2 aliphatic heterocycles. The average molecular weight is 683 g/mol. The summed E-state index contributed by atoms with van der Waals surface area (Å²) in [5, 5.41) is 2.43. The van der Waals surface area contributed by atoms with Gasteiger partial charge in [0.05, 0.1) is 22.7 Å². The zero-order chi connectivity index (χ0) is 35.7. The molecular weight excluding hydrogens is 645 g/mol. The van der Waals surface area contributed by atoms with Crippen LogP contribution in [0, 0.1) is 6.92 Å². The molecule has 8 aromatic carbocycles. The highest BCUT2D eigenvalue weighted by atomic mass is 16.5. The van der Waals surface area contributed by atoms with Crippen molar-refractivity contribution < 1.29 is 4.74 Å². The van der Waals surface area contributed by atoms with Gasteiger partial charge in [-0.25, -0.2) is 0 Å². The first-order valence-electron chi connectivity index (χ1n) is 18.4. The van der Waals surface area contributed by atoms with Crippen molar-refractivity contribution in [3.8, 4) is 33.8 Å². The molecular formula is C50H38N2O. The normalized spacial score (nSPS) is 13.5. The van der Waals surface area contributed by atoms with Gasteiger partial charge in [0.1, 0.15) is 0 Å². The number of fused-ring (bicyclic) bond motifs is 5. The lowest BCUT2D eigenvalue weighted by Crippen LogP contribution is -2.32. The number of nitrogens with zero attached hydrogens (tertiary/aromatic N) is 2. The predicted molar refractivity (Wildman–Crippen MR) is 221 cm³/mol. The topological polar surface area (TPSA) is 15.7 Å². The molecule has 0 radical (unpaired) electrons. The number of rotatable bonds is 5. The van der Waals surface area contributed by atoms with Crippen molar-refractivity contribution in [3.05, 3.63) is 193 Å². The van der Waals surface area contributed by atoms with Crippen LogP contribution in [-0.2, 0) is 5.41 Å². The van der Waals surface area contributed by atoms with E-state index in [4.69, 9.17) is 4.74 Å². The molecule has 2 aliphatic rings. The average Bonchev–Trinajstić information content (AvgIpc) is 3.20. The van der Waals surface area contributed by atoms with Crippen LogP contribution in [0.1, 0.15) is 30.5 Å². The number of anilines is 6. The molecule has 0 atom stereocenters. The Labute approximate surface area is 311 Å². The molecule has 0 aromatic heterocycles. The summed E-state index contributed by atoms with van der Waals surface area (Å²) in [6.45, 7) is 6.85. The SMILES string of the molecule is Cc1cccc2c1N1c3ccc(-c4ccc(N(c5ccc(-c6ccccc6)cc5)c5cccc6ccccc56)cc4)cc3C(C)(C)c3cccc(c31)O2. The summed E-state index contributed by atoms with van der Waals surface area (Å²) < 4.78 is 6.50. The minimum atomic E-state index is -0.228. The van der Waals surface area contributed by atoms with Gasteiger partial charge in [0.15, 0.2) is 11.5 Å². The van der Waals surface area contributed by atoms with Crippen molar-refractivity contribution >= 4 is 44.9 Å². The second-order valence-corrected chi connectivity index (χ2v) is 14.7. The standard InChI is InChI=1S/C50H38N2O/c1-33-12-9-20-46-48(33)52-45-31-26-38(32-43(45)50(2,3)42-18-11-21-47(53-46)49(42)52)36-24-29-40(30-25-36)51(44-19-10-16-37-15-7-8-17-41(37)44)39-27-22-35(23-28-39)34-13-5-4-6-14-34/h4-32H,1-3H3. The first-order chi connectivity index (χ1) is 26.0. The summed E-state index contributed by atoms with van der Waals surface area (Å²) in [6.07, 6.45) is 0. The Balaban J connectivity index is 1.07. The fourth-order valence-electron chi connectivity index (χ4n) is 8.44. The van der Waals surface area contributed by atoms with Crippen molar-refractivity contribution in [1.29, 1.82) is 0 Å². The maximum atomic E-state index is 6.50. The van der Waals surface area contributed by atoms with E-state index in [2.05, 4.69) is 206 Å². The molecule has 254 valence electrons. The summed E-state index contributed by atoms with van der Waals surface area (Å²) in [6, 6.07) is 63.5. The van der Waals surface area contributed by atoms with E-state index in [1.54, 1.807) is 0 Å². The van der Waals surface area contributed by atoms with Gasteiger partial charge in [-0.2, -0.15) is 0 Å². The highest BCUT2D eigenvalue weighted by molar-refractivity contribution is 5.99. The Morgan fingerprint density at radius 2 is 1.08 bits per heavy atom. The van der Waals surface area contributed by atoms with Crippen LogP contribution < -0.4 is 14.5 Å². The first-order valence-corrected chi connectivity index (χ1v) is 18.4. The molecule has 8 aromatic rings. The predicted octanol–water partition coefficient (Wildman–Crippen LogP) is 14.2. The third kappa shape index (κ3) is 4.96. The quantitative estimate of drug-likeness (QED) is 0.180. The molecule has 2 heterocycles. The molecule has 0 saturated carbocycles. The Hall–Kier alpha value is -6.58. The van der Waals surface area contributed by atoms with Gasteiger partial charge in [-0.15, -0.1) is 0 Å². The molecule has 0 unspecified atom stereocenters. The molecule has 10 rings (SSSR count). The molecule has 0 N–H and O–H groups in total. The van der Waals surface area contributed by atoms with E-state index in [1.165, 1.54) is 55.4 Å². The van der Waals surface area contributed by atoms with Gasteiger partial charge in [-0.1, -0.05) is 135 Å². The summed E-state index contributed by atoms with van der Waals surface area (Å²) >= 11 is 0. The van der Waals surface area contributed by atoms with Crippen LogP contribution in [0.5, 0.6) is 11.5 Å². The van der Waals surface area contributed by atoms with E-state index in [0.29, 0.717) is 0 Å². The first kappa shape index (κ1) is 31.2. The molecule has 3 heteroatoms. The van der Waals surface area contributed by atoms with Crippen molar-refractivity contribution in [2.75, 3.05) is 9.80 Å². The second-order valence-electron chi connectivity index (χ2n) is 14.7. The fraction of sp³-hybridized carbons (Fsp3) is 0.0800. The molecule has 0 fully saturated rings. The number of benzene rings is 8. The van der Waals surface area contributed by atoms with E-state index in [9.17, 15) is 0 Å². The van der Waals surface area contributed by atoms with E-state index in [0.717, 1.165) is 39.9 Å². The van der Waals surface area contributed by atoms with Gasteiger partial charge < -0.3 is 14.5 Å². The smallest absolute Gasteiger partial charge is 0.151 e. The van der Waals surface area contributed by atoms with Crippen LogP contribution in [0.15, 0.2) is 176 Å². The zero-order valence-electron chi connectivity index (χ0n) is 30.0.